The van der Waals surface area contributed by atoms with E-state index in [1.165, 1.54) is 4.68 Å². The van der Waals surface area contributed by atoms with E-state index in [0.29, 0.717) is 23.6 Å². The maximum absolute atomic E-state index is 12.1. The van der Waals surface area contributed by atoms with Crippen LogP contribution in [0.2, 0.25) is 0 Å². The lowest BCUT2D eigenvalue weighted by atomic mass is 10.2. The first-order chi connectivity index (χ1) is 9.00. The Hall–Kier alpha value is -1.82. The van der Waals surface area contributed by atoms with Crippen molar-refractivity contribution in [1.82, 2.24) is 15.1 Å². The number of nitrogens with two attached hydrogens (primary N) is 1. The van der Waals surface area contributed by atoms with Gasteiger partial charge in [-0.1, -0.05) is 34.1 Å². The molecule has 6 heteroatoms. The van der Waals surface area contributed by atoms with E-state index in [0.717, 1.165) is 10.0 Å². The summed E-state index contributed by atoms with van der Waals surface area (Å²) in [5, 5.41) is 6.97. The third kappa shape index (κ3) is 2.78. The highest BCUT2D eigenvalue weighted by Crippen LogP contribution is 2.17. The summed E-state index contributed by atoms with van der Waals surface area (Å²) >= 11 is 3.44. The second kappa shape index (κ2) is 5.44. The number of carbonyl (C=O) groups is 1. The molecular formula is C13H15BrN4O. The van der Waals surface area contributed by atoms with Gasteiger partial charge in [0.1, 0.15) is 5.69 Å². The topological polar surface area (TPSA) is 72.9 Å². The number of carbonyl (C=O) groups excluding carboxylic acids is 1. The molecule has 100 valence electrons. The van der Waals surface area contributed by atoms with Crippen LogP contribution < -0.4 is 11.1 Å². The molecule has 1 aromatic heterocycles. The molecule has 0 aliphatic carbocycles. The molecule has 3 N–H and O–H groups in total. The molecule has 0 saturated heterocycles. The van der Waals surface area contributed by atoms with Crippen molar-refractivity contribution >= 4 is 27.5 Å². The smallest absolute Gasteiger partial charge is 0.271 e. The van der Waals surface area contributed by atoms with Gasteiger partial charge in [0, 0.05) is 18.1 Å². The molecule has 2 aromatic rings. The van der Waals surface area contributed by atoms with Crippen molar-refractivity contribution in [1.29, 1.82) is 0 Å². The van der Waals surface area contributed by atoms with E-state index in [1.807, 2.05) is 24.3 Å². The Bertz CT molecular complexity index is 621. The standard InChI is InChI=1S/C13H15BrN4O/c1-8-11(15)12(18(2)17-8)13(19)16-7-9-5-3-4-6-10(9)14/h3-6H,7,15H2,1-2H3,(H,16,19). The highest BCUT2D eigenvalue weighted by molar-refractivity contribution is 9.10. The van der Waals surface area contributed by atoms with Crippen molar-refractivity contribution in [2.24, 2.45) is 7.05 Å². The lowest BCUT2D eigenvalue weighted by Crippen LogP contribution is -2.26. The van der Waals surface area contributed by atoms with Gasteiger partial charge >= 0.3 is 0 Å². The summed E-state index contributed by atoms with van der Waals surface area (Å²) in [6.45, 7) is 2.21. The van der Waals surface area contributed by atoms with Gasteiger partial charge in [-0.3, -0.25) is 9.48 Å². The maximum Gasteiger partial charge on any atom is 0.271 e. The summed E-state index contributed by atoms with van der Waals surface area (Å²) in [5.74, 6) is -0.226. The van der Waals surface area contributed by atoms with Crippen LogP contribution in [0.25, 0.3) is 0 Å². The van der Waals surface area contributed by atoms with Gasteiger partial charge in [-0.15, -0.1) is 0 Å². The number of nitrogen functional groups attached to an aromatic ring is 1. The van der Waals surface area contributed by atoms with Gasteiger partial charge in [-0.2, -0.15) is 5.10 Å². The molecule has 1 aromatic carbocycles. The molecule has 5 nitrogen and oxygen atoms in total. The Morgan fingerprint density at radius 1 is 1.47 bits per heavy atom. The van der Waals surface area contributed by atoms with E-state index in [2.05, 4.69) is 26.3 Å². The predicted octanol–water partition coefficient (Wildman–Crippen LogP) is 2.00. The monoisotopic (exact) mass is 322 g/mol. The van der Waals surface area contributed by atoms with E-state index in [-0.39, 0.29) is 5.91 Å². The molecule has 0 aliphatic heterocycles. The molecule has 0 spiro atoms. The van der Waals surface area contributed by atoms with Gasteiger partial charge in [0.2, 0.25) is 0 Å². The molecule has 0 radical (unpaired) electrons. The SMILES string of the molecule is Cc1nn(C)c(C(=O)NCc2ccccc2Br)c1N. The van der Waals surface area contributed by atoms with Crippen molar-refractivity contribution < 1.29 is 4.79 Å². The maximum atomic E-state index is 12.1. The molecule has 19 heavy (non-hydrogen) atoms. The zero-order valence-corrected chi connectivity index (χ0v) is 12.4. The van der Waals surface area contributed by atoms with Crippen molar-refractivity contribution in [3.8, 4) is 0 Å². The summed E-state index contributed by atoms with van der Waals surface area (Å²) in [6, 6.07) is 7.74. The largest absolute Gasteiger partial charge is 0.395 e. The minimum atomic E-state index is -0.226. The number of aromatic nitrogens is 2. The van der Waals surface area contributed by atoms with Crippen molar-refractivity contribution in [3.05, 3.63) is 45.7 Å². The molecule has 1 amide bonds. The normalized spacial score (nSPS) is 10.5. The fourth-order valence-electron chi connectivity index (χ4n) is 1.84. The van der Waals surface area contributed by atoms with Gasteiger partial charge in [0.15, 0.2) is 0 Å². The van der Waals surface area contributed by atoms with Crippen LogP contribution in [0.3, 0.4) is 0 Å². The van der Waals surface area contributed by atoms with Crippen LogP contribution in [0.15, 0.2) is 28.7 Å². The molecule has 0 atom stereocenters. The Morgan fingerprint density at radius 3 is 2.74 bits per heavy atom. The lowest BCUT2D eigenvalue weighted by molar-refractivity contribution is 0.0942. The van der Waals surface area contributed by atoms with E-state index >= 15 is 0 Å². The van der Waals surface area contributed by atoms with Gasteiger partial charge in [-0.05, 0) is 18.6 Å². The second-order valence-electron chi connectivity index (χ2n) is 4.25. The quantitative estimate of drug-likeness (QED) is 0.907. The van der Waals surface area contributed by atoms with Gasteiger partial charge in [-0.25, -0.2) is 0 Å². The second-order valence-corrected chi connectivity index (χ2v) is 5.10. The van der Waals surface area contributed by atoms with Crippen molar-refractivity contribution in [2.45, 2.75) is 13.5 Å². The molecule has 0 aliphatic rings. The first kappa shape index (κ1) is 13.6. The number of aryl methyl sites for hydroxylation is 2. The number of halogens is 1. The summed E-state index contributed by atoms with van der Waals surface area (Å²) < 4.78 is 2.46. The summed E-state index contributed by atoms with van der Waals surface area (Å²) in [5.41, 5.74) is 8.33. The first-order valence-corrected chi connectivity index (χ1v) is 6.60. The van der Waals surface area contributed by atoms with E-state index < -0.39 is 0 Å². The van der Waals surface area contributed by atoms with Crippen LogP contribution in [0.5, 0.6) is 0 Å². The van der Waals surface area contributed by atoms with Crippen LogP contribution in [0, 0.1) is 6.92 Å². The minimum absolute atomic E-state index is 0.226. The van der Waals surface area contributed by atoms with E-state index in [1.54, 1.807) is 14.0 Å². The van der Waals surface area contributed by atoms with Gasteiger partial charge < -0.3 is 11.1 Å². The fourth-order valence-corrected chi connectivity index (χ4v) is 2.27. The summed E-state index contributed by atoms with van der Waals surface area (Å²) in [7, 11) is 1.71. The summed E-state index contributed by atoms with van der Waals surface area (Å²) in [4.78, 5) is 12.1. The molecule has 2 rings (SSSR count). The third-order valence-electron chi connectivity index (χ3n) is 2.88. The number of nitrogens with one attached hydrogen (secondary N) is 1. The summed E-state index contributed by atoms with van der Waals surface area (Å²) in [6.07, 6.45) is 0. The molecule has 0 unspecified atom stereocenters. The number of rotatable bonds is 3. The molecule has 0 saturated carbocycles. The van der Waals surface area contributed by atoms with Crippen molar-refractivity contribution in [3.63, 3.8) is 0 Å². The Morgan fingerprint density at radius 2 is 2.16 bits per heavy atom. The van der Waals surface area contributed by atoms with Gasteiger partial charge in [0.05, 0.1) is 11.4 Å². The fraction of sp³-hybridized carbons (Fsp3) is 0.231. The molecule has 0 fully saturated rings. The Balaban J connectivity index is 2.12. The highest BCUT2D eigenvalue weighted by atomic mass is 79.9. The predicted molar refractivity (Wildman–Crippen MR) is 77.7 cm³/mol. The molecule has 0 bridgehead atoms. The van der Waals surface area contributed by atoms with E-state index in [4.69, 9.17) is 5.73 Å². The van der Waals surface area contributed by atoms with Gasteiger partial charge in [0.25, 0.3) is 5.91 Å². The van der Waals surface area contributed by atoms with E-state index in [9.17, 15) is 4.79 Å². The first-order valence-electron chi connectivity index (χ1n) is 5.81. The number of benzene rings is 1. The van der Waals surface area contributed by atoms with Crippen LogP contribution in [-0.2, 0) is 13.6 Å². The van der Waals surface area contributed by atoms with Crippen LogP contribution >= 0.6 is 15.9 Å². The number of hydrogen-bond donors (Lipinski definition) is 2. The highest BCUT2D eigenvalue weighted by Gasteiger charge is 2.17. The zero-order chi connectivity index (χ0) is 14.0. The average molecular weight is 323 g/mol. The molecule has 1 heterocycles. The van der Waals surface area contributed by atoms with Crippen LogP contribution in [-0.4, -0.2) is 15.7 Å². The number of nitrogens with zero attached hydrogens (tertiary/aromatic N) is 2. The van der Waals surface area contributed by atoms with Crippen molar-refractivity contribution in [2.75, 3.05) is 5.73 Å². The average Bonchev–Trinajstić information content (AvgIpc) is 2.62. The zero-order valence-electron chi connectivity index (χ0n) is 10.8. The Labute approximate surface area is 119 Å². The third-order valence-corrected chi connectivity index (χ3v) is 3.65. The molecular weight excluding hydrogens is 308 g/mol. The van der Waals surface area contributed by atoms with Crippen LogP contribution in [0.1, 0.15) is 21.7 Å². The lowest BCUT2D eigenvalue weighted by Gasteiger charge is -2.07. The Kier molecular flexibility index (Phi) is 3.90. The minimum Gasteiger partial charge on any atom is -0.395 e. The number of anilines is 1. The number of amides is 1. The number of hydrogen-bond acceptors (Lipinski definition) is 3. The van der Waals surface area contributed by atoms with Crippen LogP contribution in [0.4, 0.5) is 5.69 Å².